The van der Waals surface area contributed by atoms with Crippen LogP contribution in [0.5, 0.6) is 11.5 Å². The van der Waals surface area contributed by atoms with Crippen LogP contribution in [-0.2, 0) is 6.61 Å². The molecule has 0 aromatic heterocycles. The van der Waals surface area contributed by atoms with Gasteiger partial charge >= 0.3 is 0 Å². The summed E-state index contributed by atoms with van der Waals surface area (Å²) in [7, 11) is 1.59. The Bertz CT molecular complexity index is 526. The lowest BCUT2D eigenvalue weighted by Gasteiger charge is -2.09. The fourth-order valence-electron chi connectivity index (χ4n) is 1.52. The number of anilines is 1. The fraction of sp³-hybridized carbons (Fsp3) is 0.143. The third kappa shape index (κ3) is 2.91. The summed E-state index contributed by atoms with van der Waals surface area (Å²) in [6, 6.07) is 11.3. The molecule has 0 fully saturated rings. The molecule has 0 radical (unpaired) electrons. The van der Waals surface area contributed by atoms with Gasteiger partial charge in [0.25, 0.3) is 0 Å². The summed E-state index contributed by atoms with van der Waals surface area (Å²) in [6.45, 7) is 0.335. The Morgan fingerprint density at radius 3 is 2.33 bits per heavy atom. The Kier molecular flexibility index (Phi) is 3.67. The highest BCUT2D eigenvalue weighted by molar-refractivity contribution is 5.51. The van der Waals surface area contributed by atoms with Gasteiger partial charge in [0.1, 0.15) is 23.9 Å². The van der Waals surface area contributed by atoms with Crippen LogP contribution < -0.4 is 15.2 Å². The molecule has 0 aliphatic carbocycles. The first-order valence-electron chi connectivity index (χ1n) is 5.50. The Morgan fingerprint density at radius 1 is 1.06 bits per heavy atom. The van der Waals surface area contributed by atoms with Crippen LogP contribution in [0.4, 0.5) is 10.1 Å². The molecule has 0 aliphatic rings. The van der Waals surface area contributed by atoms with Crippen molar-refractivity contribution in [2.24, 2.45) is 0 Å². The summed E-state index contributed by atoms with van der Waals surface area (Å²) in [5.74, 6) is 1.02. The number of halogens is 1. The maximum atomic E-state index is 12.7. The maximum Gasteiger partial charge on any atom is 0.123 e. The SMILES string of the molecule is COc1ccc(COc2ccc(F)cc2)c(N)c1. The summed E-state index contributed by atoms with van der Waals surface area (Å²) in [5, 5.41) is 0. The van der Waals surface area contributed by atoms with Crippen molar-refractivity contribution in [3.63, 3.8) is 0 Å². The van der Waals surface area contributed by atoms with E-state index in [0.717, 1.165) is 5.56 Å². The van der Waals surface area contributed by atoms with Crippen LogP contribution in [0, 0.1) is 5.82 Å². The van der Waals surface area contributed by atoms with Gasteiger partial charge in [-0.3, -0.25) is 0 Å². The number of rotatable bonds is 4. The lowest BCUT2D eigenvalue weighted by Crippen LogP contribution is -2.00. The number of ether oxygens (including phenoxy) is 2. The molecule has 2 N–H and O–H groups in total. The minimum Gasteiger partial charge on any atom is -0.497 e. The molecule has 18 heavy (non-hydrogen) atoms. The molecule has 2 aromatic carbocycles. The molecule has 3 nitrogen and oxygen atoms in total. The second kappa shape index (κ2) is 5.40. The van der Waals surface area contributed by atoms with Crippen LogP contribution in [0.3, 0.4) is 0 Å². The van der Waals surface area contributed by atoms with Crippen LogP contribution in [0.15, 0.2) is 42.5 Å². The van der Waals surface area contributed by atoms with Crippen LogP contribution in [0.1, 0.15) is 5.56 Å². The minimum atomic E-state index is -0.286. The molecule has 94 valence electrons. The molecule has 0 heterocycles. The van der Waals surface area contributed by atoms with Crippen LogP contribution >= 0.6 is 0 Å². The molecular weight excluding hydrogens is 233 g/mol. The van der Waals surface area contributed by atoms with E-state index in [4.69, 9.17) is 15.2 Å². The number of methoxy groups -OCH3 is 1. The van der Waals surface area contributed by atoms with Crippen molar-refractivity contribution >= 4 is 5.69 Å². The zero-order chi connectivity index (χ0) is 13.0. The van der Waals surface area contributed by atoms with Gasteiger partial charge in [-0.1, -0.05) is 0 Å². The van der Waals surface area contributed by atoms with E-state index in [-0.39, 0.29) is 5.82 Å². The molecule has 0 spiro atoms. The zero-order valence-electron chi connectivity index (χ0n) is 10.0. The Balaban J connectivity index is 2.04. The van der Waals surface area contributed by atoms with Gasteiger partial charge in [-0.05, 0) is 36.4 Å². The Hall–Kier alpha value is -2.23. The van der Waals surface area contributed by atoms with Crippen LogP contribution in [0.2, 0.25) is 0 Å². The monoisotopic (exact) mass is 247 g/mol. The van der Waals surface area contributed by atoms with Gasteiger partial charge in [-0.15, -0.1) is 0 Å². The van der Waals surface area contributed by atoms with Crippen LogP contribution in [0.25, 0.3) is 0 Å². The third-order valence-electron chi connectivity index (χ3n) is 2.56. The van der Waals surface area contributed by atoms with E-state index in [9.17, 15) is 4.39 Å². The van der Waals surface area contributed by atoms with Crippen molar-refractivity contribution in [2.45, 2.75) is 6.61 Å². The van der Waals surface area contributed by atoms with Crippen molar-refractivity contribution < 1.29 is 13.9 Å². The van der Waals surface area contributed by atoms with Gasteiger partial charge < -0.3 is 15.2 Å². The molecule has 4 heteroatoms. The number of hydrogen-bond acceptors (Lipinski definition) is 3. The minimum absolute atomic E-state index is 0.286. The molecule has 0 amide bonds. The van der Waals surface area contributed by atoms with E-state index < -0.39 is 0 Å². The first-order chi connectivity index (χ1) is 8.69. The zero-order valence-corrected chi connectivity index (χ0v) is 10.0. The quantitative estimate of drug-likeness (QED) is 0.845. The summed E-state index contributed by atoms with van der Waals surface area (Å²) >= 11 is 0. The summed E-state index contributed by atoms with van der Waals surface area (Å²) in [5.41, 5.74) is 7.33. The summed E-state index contributed by atoms with van der Waals surface area (Å²) in [6.07, 6.45) is 0. The van der Waals surface area contributed by atoms with E-state index in [1.165, 1.54) is 12.1 Å². The smallest absolute Gasteiger partial charge is 0.123 e. The normalized spacial score (nSPS) is 10.1. The van der Waals surface area contributed by atoms with Gasteiger partial charge in [-0.25, -0.2) is 4.39 Å². The predicted octanol–water partition coefficient (Wildman–Crippen LogP) is 3.00. The van der Waals surface area contributed by atoms with Crippen LogP contribution in [-0.4, -0.2) is 7.11 Å². The van der Waals surface area contributed by atoms with E-state index >= 15 is 0 Å². The highest BCUT2D eigenvalue weighted by Crippen LogP contribution is 2.21. The third-order valence-corrected chi connectivity index (χ3v) is 2.56. The molecule has 0 saturated heterocycles. The largest absolute Gasteiger partial charge is 0.497 e. The predicted molar refractivity (Wildman–Crippen MR) is 68.1 cm³/mol. The molecule has 0 unspecified atom stereocenters. The highest BCUT2D eigenvalue weighted by atomic mass is 19.1. The molecule has 2 aromatic rings. The lowest BCUT2D eigenvalue weighted by atomic mass is 10.2. The lowest BCUT2D eigenvalue weighted by molar-refractivity contribution is 0.306. The summed E-state index contributed by atoms with van der Waals surface area (Å²) in [4.78, 5) is 0. The van der Waals surface area contributed by atoms with Gasteiger partial charge in [0.05, 0.1) is 7.11 Å². The number of nitrogens with two attached hydrogens (primary N) is 1. The van der Waals surface area contributed by atoms with E-state index in [2.05, 4.69) is 0 Å². The first kappa shape index (κ1) is 12.2. The van der Waals surface area contributed by atoms with Gasteiger partial charge in [0.15, 0.2) is 0 Å². The summed E-state index contributed by atoms with van der Waals surface area (Å²) < 4.78 is 23.3. The maximum absolute atomic E-state index is 12.7. The van der Waals surface area contributed by atoms with Crippen molar-refractivity contribution in [1.29, 1.82) is 0 Å². The number of hydrogen-bond donors (Lipinski definition) is 1. The number of nitrogen functional groups attached to an aromatic ring is 1. The second-order valence-electron chi connectivity index (χ2n) is 3.81. The van der Waals surface area contributed by atoms with Crippen molar-refractivity contribution in [2.75, 3.05) is 12.8 Å². The molecule has 0 bridgehead atoms. The second-order valence-corrected chi connectivity index (χ2v) is 3.81. The number of benzene rings is 2. The fourth-order valence-corrected chi connectivity index (χ4v) is 1.52. The van der Waals surface area contributed by atoms with E-state index in [1.54, 1.807) is 25.3 Å². The van der Waals surface area contributed by atoms with Crippen molar-refractivity contribution in [3.05, 3.63) is 53.8 Å². The average molecular weight is 247 g/mol. The highest BCUT2D eigenvalue weighted by Gasteiger charge is 2.02. The van der Waals surface area contributed by atoms with Gasteiger partial charge in [0.2, 0.25) is 0 Å². The van der Waals surface area contributed by atoms with Gasteiger partial charge in [0, 0.05) is 17.3 Å². The Labute approximate surface area is 105 Å². The van der Waals surface area contributed by atoms with E-state index in [1.807, 2.05) is 12.1 Å². The molecule has 2 rings (SSSR count). The van der Waals surface area contributed by atoms with Crippen molar-refractivity contribution in [3.8, 4) is 11.5 Å². The molecular formula is C14H14FNO2. The van der Waals surface area contributed by atoms with Crippen molar-refractivity contribution in [1.82, 2.24) is 0 Å². The van der Waals surface area contributed by atoms with Gasteiger partial charge in [-0.2, -0.15) is 0 Å². The Morgan fingerprint density at radius 2 is 1.72 bits per heavy atom. The standard InChI is InChI=1S/C14H14FNO2/c1-17-13-5-2-10(14(16)8-13)9-18-12-6-3-11(15)4-7-12/h2-8H,9,16H2,1H3. The first-order valence-corrected chi connectivity index (χ1v) is 5.50. The molecule has 0 atom stereocenters. The molecule has 0 saturated carbocycles. The molecule has 0 aliphatic heterocycles. The van der Waals surface area contributed by atoms with E-state index in [0.29, 0.717) is 23.8 Å². The average Bonchev–Trinajstić information content (AvgIpc) is 2.39. The topological polar surface area (TPSA) is 44.5 Å².